The Balaban J connectivity index is 3.37. The van der Waals surface area contributed by atoms with Gasteiger partial charge >= 0.3 is 0 Å². The molecule has 0 saturated heterocycles. The predicted octanol–water partition coefficient (Wildman–Crippen LogP) is 4.00. The maximum Gasteiger partial charge on any atom is 0.137 e. The number of rotatable bonds is 0. The van der Waals surface area contributed by atoms with Crippen LogP contribution in [0, 0.1) is 0 Å². The molecule has 0 saturated carbocycles. The van der Waals surface area contributed by atoms with Gasteiger partial charge in [0.05, 0.1) is 5.02 Å². The van der Waals surface area contributed by atoms with Crippen molar-refractivity contribution in [2.45, 2.75) is 26.2 Å². The number of phenols is 1. The Hall–Kier alpha value is -0.400. The van der Waals surface area contributed by atoms with Gasteiger partial charge in [-0.2, -0.15) is 0 Å². The molecule has 0 radical (unpaired) electrons. The summed E-state index contributed by atoms with van der Waals surface area (Å²) in [4.78, 5) is 0. The van der Waals surface area contributed by atoms with Gasteiger partial charge in [0, 0.05) is 10.6 Å². The fraction of sp³-hybridized carbons (Fsp3) is 0.400. The first kappa shape index (κ1) is 10.7. The molecule has 1 aromatic carbocycles. The average Bonchev–Trinajstić information content (AvgIpc) is 1.94. The van der Waals surface area contributed by atoms with Crippen molar-refractivity contribution in [3.8, 4) is 5.75 Å². The van der Waals surface area contributed by atoms with Crippen molar-refractivity contribution >= 4 is 23.2 Å². The molecule has 0 amide bonds. The van der Waals surface area contributed by atoms with E-state index in [0.717, 1.165) is 5.56 Å². The maximum atomic E-state index is 9.67. The van der Waals surface area contributed by atoms with Crippen molar-refractivity contribution in [3.05, 3.63) is 27.7 Å². The molecule has 0 aliphatic rings. The van der Waals surface area contributed by atoms with Gasteiger partial charge in [-0.1, -0.05) is 44.0 Å². The van der Waals surface area contributed by atoms with Crippen LogP contribution in [0.4, 0.5) is 0 Å². The van der Waals surface area contributed by atoms with E-state index < -0.39 is 0 Å². The summed E-state index contributed by atoms with van der Waals surface area (Å²) in [5.74, 6) is 0.124. The number of benzene rings is 1. The van der Waals surface area contributed by atoms with Gasteiger partial charge in [0.2, 0.25) is 0 Å². The summed E-state index contributed by atoms with van der Waals surface area (Å²) in [6, 6.07) is 3.27. The molecule has 0 aliphatic carbocycles. The Bertz CT molecular complexity index is 326. The van der Waals surface area contributed by atoms with Crippen molar-refractivity contribution in [2.24, 2.45) is 0 Å². The van der Waals surface area contributed by atoms with E-state index >= 15 is 0 Å². The van der Waals surface area contributed by atoms with Crippen LogP contribution in [-0.2, 0) is 5.41 Å². The minimum absolute atomic E-state index is 0.124. The smallest absolute Gasteiger partial charge is 0.137 e. The molecule has 0 bridgehead atoms. The van der Waals surface area contributed by atoms with Gasteiger partial charge in [0.25, 0.3) is 0 Å². The summed E-state index contributed by atoms with van der Waals surface area (Å²) in [7, 11) is 0. The van der Waals surface area contributed by atoms with E-state index in [-0.39, 0.29) is 11.2 Å². The lowest BCUT2D eigenvalue weighted by atomic mass is 9.86. The normalized spacial score (nSPS) is 11.8. The highest BCUT2D eigenvalue weighted by Gasteiger charge is 2.20. The topological polar surface area (TPSA) is 20.2 Å². The van der Waals surface area contributed by atoms with Gasteiger partial charge in [0.1, 0.15) is 5.75 Å². The van der Waals surface area contributed by atoms with Gasteiger partial charge in [-0.15, -0.1) is 0 Å². The summed E-state index contributed by atoms with van der Waals surface area (Å²) in [6.07, 6.45) is 0. The molecule has 3 heteroatoms. The Kier molecular flexibility index (Phi) is 2.79. The molecule has 0 atom stereocenters. The SMILES string of the molecule is CC(C)(C)c1cc(Cl)cc(Cl)c1O. The third-order valence-electron chi connectivity index (χ3n) is 1.84. The first-order chi connectivity index (χ1) is 5.82. The summed E-state index contributed by atoms with van der Waals surface area (Å²) < 4.78 is 0. The number of halogens is 2. The van der Waals surface area contributed by atoms with Gasteiger partial charge in [0.15, 0.2) is 0 Å². The second kappa shape index (κ2) is 3.39. The summed E-state index contributed by atoms with van der Waals surface area (Å²) >= 11 is 11.6. The van der Waals surface area contributed by atoms with Gasteiger partial charge in [-0.25, -0.2) is 0 Å². The molecule has 1 rings (SSSR count). The highest BCUT2D eigenvalue weighted by molar-refractivity contribution is 6.35. The molecule has 0 spiro atoms. The average molecular weight is 219 g/mol. The van der Waals surface area contributed by atoms with Crippen molar-refractivity contribution in [3.63, 3.8) is 0 Å². The lowest BCUT2D eigenvalue weighted by Gasteiger charge is -2.21. The van der Waals surface area contributed by atoms with Gasteiger partial charge in [-0.05, 0) is 17.5 Å². The molecule has 0 aliphatic heterocycles. The first-order valence-electron chi connectivity index (χ1n) is 4.01. The van der Waals surface area contributed by atoms with Crippen LogP contribution in [-0.4, -0.2) is 5.11 Å². The van der Waals surface area contributed by atoms with Crippen LogP contribution in [0.25, 0.3) is 0 Å². The van der Waals surface area contributed by atoms with Gasteiger partial charge in [-0.3, -0.25) is 0 Å². The maximum absolute atomic E-state index is 9.67. The van der Waals surface area contributed by atoms with Crippen molar-refractivity contribution in [1.82, 2.24) is 0 Å². The number of hydrogen-bond acceptors (Lipinski definition) is 1. The van der Waals surface area contributed by atoms with Crippen LogP contribution in [0.15, 0.2) is 12.1 Å². The zero-order valence-electron chi connectivity index (χ0n) is 7.86. The van der Waals surface area contributed by atoms with E-state index in [1.807, 2.05) is 20.8 Å². The Morgan fingerprint density at radius 1 is 1.15 bits per heavy atom. The Morgan fingerprint density at radius 2 is 1.69 bits per heavy atom. The fourth-order valence-corrected chi connectivity index (χ4v) is 1.63. The molecule has 1 N–H and O–H groups in total. The fourth-order valence-electron chi connectivity index (χ4n) is 1.14. The monoisotopic (exact) mass is 218 g/mol. The van der Waals surface area contributed by atoms with Crippen molar-refractivity contribution < 1.29 is 5.11 Å². The molecular weight excluding hydrogens is 207 g/mol. The summed E-state index contributed by atoms with van der Waals surface area (Å²) in [5, 5.41) is 10.5. The van der Waals surface area contributed by atoms with Crippen molar-refractivity contribution in [2.75, 3.05) is 0 Å². The van der Waals surface area contributed by atoms with Crippen LogP contribution < -0.4 is 0 Å². The van der Waals surface area contributed by atoms with E-state index in [9.17, 15) is 5.11 Å². The van der Waals surface area contributed by atoms with E-state index in [0.29, 0.717) is 10.0 Å². The molecule has 0 heterocycles. The molecule has 1 nitrogen and oxygen atoms in total. The van der Waals surface area contributed by atoms with E-state index in [2.05, 4.69) is 0 Å². The van der Waals surface area contributed by atoms with E-state index in [1.54, 1.807) is 6.07 Å². The lowest BCUT2D eigenvalue weighted by Crippen LogP contribution is -2.11. The molecule has 13 heavy (non-hydrogen) atoms. The first-order valence-corrected chi connectivity index (χ1v) is 4.76. The second-order valence-corrected chi connectivity index (χ2v) is 4.88. The molecule has 0 fully saturated rings. The highest BCUT2D eigenvalue weighted by atomic mass is 35.5. The third-order valence-corrected chi connectivity index (χ3v) is 2.34. The van der Waals surface area contributed by atoms with Crippen LogP contribution >= 0.6 is 23.2 Å². The van der Waals surface area contributed by atoms with E-state index in [4.69, 9.17) is 23.2 Å². The summed E-state index contributed by atoms with van der Waals surface area (Å²) in [6.45, 7) is 5.98. The largest absolute Gasteiger partial charge is 0.506 e. The van der Waals surface area contributed by atoms with Crippen LogP contribution in [0.2, 0.25) is 10.0 Å². The zero-order valence-corrected chi connectivity index (χ0v) is 9.37. The van der Waals surface area contributed by atoms with Crippen molar-refractivity contribution in [1.29, 1.82) is 0 Å². The molecule has 0 unspecified atom stereocenters. The lowest BCUT2D eigenvalue weighted by molar-refractivity contribution is 0.447. The molecule has 0 aromatic heterocycles. The predicted molar refractivity (Wildman–Crippen MR) is 56.8 cm³/mol. The summed E-state index contributed by atoms with van der Waals surface area (Å²) in [5.41, 5.74) is 0.614. The zero-order chi connectivity index (χ0) is 10.2. The quantitative estimate of drug-likeness (QED) is 0.699. The molecular formula is C10H12Cl2O. The third kappa shape index (κ3) is 2.29. The van der Waals surface area contributed by atoms with Crippen LogP contribution in [0.3, 0.4) is 0 Å². The minimum Gasteiger partial charge on any atom is -0.506 e. The second-order valence-electron chi connectivity index (χ2n) is 4.03. The Labute approximate surface area is 88.3 Å². The Morgan fingerprint density at radius 3 is 2.15 bits per heavy atom. The van der Waals surface area contributed by atoms with E-state index in [1.165, 1.54) is 6.07 Å². The standard InChI is InChI=1S/C10H12Cl2O/c1-10(2,3)7-4-6(11)5-8(12)9(7)13/h4-5,13H,1-3H3. The number of hydrogen-bond donors (Lipinski definition) is 1. The molecule has 1 aromatic rings. The van der Waals surface area contributed by atoms with Crippen LogP contribution in [0.5, 0.6) is 5.75 Å². The van der Waals surface area contributed by atoms with Crippen LogP contribution in [0.1, 0.15) is 26.3 Å². The number of phenolic OH excluding ortho intramolecular Hbond substituents is 1. The van der Waals surface area contributed by atoms with Gasteiger partial charge < -0.3 is 5.11 Å². The number of aromatic hydroxyl groups is 1. The minimum atomic E-state index is -0.154. The molecule has 72 valence electrons. The highest BCUT2D eigenvalue weighted by Crippen LogP contribution is 2.37.